The Morgan fingerprint density at radius 1 is 1.08 bits per heavy atom. The van der Waals surface area contributed by atoms with E-state index in [2.05, 4.69) is 48.4 Å². The quantitative estimate of drug-likeness (QED) is 0.574. The smallest absolute Gasteiger partial charge is 0.126 e. The number of nitrogens with one attached hydrogen (secondary N) is 1. The second-order valence-electron chi connectivity index (χ2n) is 6.41. The summed E-state index contributed by atoms with van der Waals surface area (Å²) in [6.45, 7) is 5.85. The van der Waals surface area contributed by atoms with Crippen molar-refractivity contribution in [3.05, 3.63) is 76.7 Å². The van der Waals surface area contributed by atoms with Crippen molar-refractivity contribution in [1.29, 1.82) is 0 Å². The highest BCUT2D eigenvalue weighted by molar-refractivity contribution is 7.15. The van der Waals surface area contributed by atoms with Gasteiger partial charge in [0.1, 0.15) is 10.8 Å². The zero-order valence-corrected chi connectivity index (χ0v) is 15.4. The van der Waals surface area contributed by atoms with E-state index in [-0.39, 0.29) is 5.82 Å². The highest BCUT2D eigenvalue weighted by atomic mass is 32.1. The fourth-order valence-corrected chi connectivity index (χ4v) is 3.57. The Balaban J connectivity index is 1.52. The summed E-state index contributed by atoms with van der Waals surface area (Å²) in [5.41, 5.74) is 3.31. The second kappa shape index (κ2) is 8.37. The van der Waals surface area contributed by atoms with E-state index in [4.69, 9.17) is 0 Å². The molecule has 0 aliphatic carbocycles. The molecule has 3 rings (SSSR count). The molecule has 1 heterocycles. The van der Waals surface area contributed by atoms with Crippen LogP contribution in [0.25, 0.3) is 10.4 Å². The predicted molar refractivity (Wildman–Crippen MR) is 103 cm³/mol. The van der Waals surface area contributed by atoms with Gasteiger partial charge in [-0.1, -0.05) is 56.3 Å². The summed E-state index contributed by atoms with van der Waals surface area (Å²) in [6, 6.07) is 15.6. The maximum Gasteiger partial charge on any atom is 0.126 e. The summed E-state index contributed by atoms with van der Waals surface area (Å²) in [6.07, 6.45) is 2.62. The minimum absolute atomic E-state index is 0.134. The van der Waals surface area contributed by atoms with Crippen molar-refractivity contribution in [2.45, 2.75) is 32.7 Å². The first kappa shape index (κ1) is 17.8. The van der Waals surface area contributed by atoms with Gasteiger partial charge in [-0.25, -0.2) is 9.37 Å². The molecule has 0 saturated heterocycles. The van der Waals surface area contributed by atoms with Crippen molar-refractivity contribution in [3.8, 4) is 10.4 Å². The van der Waals surface area contributed by atoms with Crippen molar-refractivity contribution < 1.29 is 4.39 Å². The number of thiazole rings is 1. The van der Waals surface area contributed by atoms with Gasteiger partial charge in [0.15, 0.2) is 0 Å². The topological polar surface area (TPSA) is 24.9 Å². The Morgan fingerprint density at radius 2 is 1.84 bits per heavy atom. The van der Waals surface area contributed by atoms with Gasteiger partial charge in [-0.05, 0) is 41.6 Å². The molecular weight excluding hydrogens is 331 g/mol. The molecule has 1 N–H and O–H groups in total. The fraction of sp³-hybridized carbons (Fsp3) is 0.286. The highest BCUT2D eigenvalue weighted by Gasteiger charge is 2.06. The SMILES string of the molecule is CC(C)c1ccc(-c2cnc(CNCCc3ccccc3F)s2)cc1. The maximum atomic E-state index is 13.6. The first-order valence-corrected chi connectivity index (χ1v) is 9.44. The summed E-state index contributed by atoms with van der Waals surface area (Å²) < 4.78 is 13.6. The number of benzene rings is 2. The largest absolute Gasteiger partial charge is 0.310 e. The van der Waals surface area contributed by atoms with Crippen LogP contribution in [0.2, 0.25) is 0 Å². The molecule has 0 amide bonds. The lowest BCUT2D eigenvalue weighted by atomic mass is 10.0. The Bertz CT molecular complexity index is 809. The minimum atomic E-state index is -0.134. The van der Waals surface area contributed by atoms with E-state index in [0.29, 0.717) is 18.9 Å². The Morgan fingerprint density at radius 3 is 2.56 bits per heavy atom. The molecule has 2 aromatic carbocycles. The van der Waals surface area contributed by atoms with E-state index in [1.54, 1.807) is 17.4 Å². The molecular formula is C21H23FN2S. The average molecular weight is 354 g/mol. The van der Waals surface area contributed by atoms with Crippen molar-refractivity contribution in [1.82, 2.24) is 10.3 Å². The summed E-state index contributed by atoms with van der Waals surface area (Å²) in [5, 5.41) is 4.40. The molecule has 0 bridgehead atoms. The molecule has 25 heavy (non-hydrogen) atoms. The van der Waals surface area contributed by atoms with Crippen LogP contribution in [-0.4, -0.2) is 11.5 Å². The Hall–Kier alpha value is -2.04. The first-order valence-electron chi connectivity index (χ1n) is 8.62. The van der Waals surface area contributed by atoms with Crippen LogP contribution in [0, 0.1) is 5.82 Å². The lowest BCUT2D eigenvalue weighted by Gasteiger charge is -2.05. The second-order valence-corrected chi connectivity index (χ2v) is 7.53. The summed E-state index contributed by atoms with van der Waals surface area (Å²) in [4.78, 5) is 5.68. The van der Waals surface area contributed by atoms with E-state index < -0.39 is 0 Å². The third-order valence-electron chi connectivity index (χ3n) is 4.22. The molecule has 0 aliphatic rings. The van der Waals surface area contributed by atoms with Crippen LogP contribution in [0.3, 0.4) is 0 Å². The normalized spacial score (nSPS) is 11.2. The molecule has 0 saturated carbocycles. The summed E-state index contributed by atoms with van der Waals surface area (Å²) in [5.74, 6) is 0.412. The van der Waals surface area contributed by atoms with Gasteiger partial charge in [-0.3, -0.25) is 0 Å². The lowest BCUT2D eigenvalue weighted by Crippen LogP contribution is -2.16. The van der Waals surface area contributed by atoms with Crippen LogP contribution in [0.15, 0.2) is 54.7 Å². The number of hydrogen-bond donors (Lipinski definition) is 1. The van der Waals surface area contributed by atoms with Crippen molar-refractivity contribution in [3.63, 3.8) is 0 Å². The van der Waals surface area contributed by atoms with E-state index in [1.165, 1.54) is 22.1 Å². The Kier molecular flexibility index (Phi) is 5.95. The van der Waals surface area contributed by atoms with Gasteiger partial charge in [0.25, 0.3) is 0 Å². The van der Waals surface area contributed by atoms with Crippen molar-refractivity contribution in [2.75, 3.05) is 6.54 Å². The van der Waals surface area contributed by atoms with E-state index in [9.17, 15) is 4.39 Å². The van der Waals surface area contributed by atoms with Gasteiger partial charge in [-0.15, -0.1) is 11.3 Å². The number of halogens is 1. The van der Waals surface area contributed by atoms with Gasteiger partial charge in [0, 0.05) is 12.7 Å². The van der Waals surface area contributed by atoms with Gasteiger partial charge in [-0.2, -0.15) is 0 Å². The zero-order chi connectivity index (χ0) is 17.6. The number of aromatic nitrogens is 1. The lowest BCUT2D eigenvalue weighted by molar-refractivity contribution is 0.597. The third-order valence-corrected chi connectivity index (χ3v) is 5.27. The van der Waals surface area contributed by atoms with Crippen LogP contribution >= 0.6 is 11.3 Å². The van der Waals surface area contributed by atoms with E-state index >= 15 is 0 Å². The predicted octanol–water partition coefficient (Wildman–Crippen LogP) is 5.40. The van der Waals surface area contributed by atoms with Gasteiger partial charge in [0.2, 0.25) is 0 Å². The number of hydrogen-bond acceptors (Lipinski definition) is 3. The zero-order valence-electron chi connectivity index (χ0n) is 14.6. The molecule has 0 aliphatic heterocycles. The van der Waals surface area contributed by atoms with Crippen molar-refractivity contribution in [2.24, 2.45) is 0 Å². The highest BCUT2D eigenvalue weighted by Crippen LogP contribution is 2.27. The average Bonchev–Trinajstić information content (AvgIpc) is 3.09. The van der Waals surface area contributed by atoms with Gasteiger partial charge in [0.05, 0.1) is 4.88 Å². The monoisotopic (exact) mass is 354 g/mol. The van der Waals surface area contributed by atoms with E-state index in [1.807, 2.05) is 18.3 Å². The molecule has 0 atom stereocenters. The van der Waals surface area contributed by atoms with E-state index in [0.717, 1.165) is 17.1 Å². The van der Waals surface area contributed by atoms with Gasteiger partial charge < -0.3 is 5.32 Å². The molecule has 0 fully saturated rings. The summed E-state index contributed by atoms with van der Waals surface area (Å²) >= 11 is 1.70. The fourth-order valence-electron chi connectivity index (χ4n) is 2.68. The Labute approximate surface area is 152 Å². The van der Waals surface area contributed by atoms with Crippen LogP contribution in [0.4, 0.5) is 4.39 Å². The van der Waals surface area contributed by atoms with Crippen LogP contribution in [0.1, 0.15) is 35.9 Å². The van der Waals surface area contributed by atoms with Crippen molar-refractivity contribution >= 4 is 11.3 Å². The molecule has 0 radical (unpaired) electrons. The standard InChI is InChI=1S/C21H23FN2S/c1-15(2)16-7-9-18(10-8-16)20-13-24-21(25-20)14-23-12-11-17-5-3-4-6-19(17)22/h3-10,13,15,23H,11-12,14H2,1-2H3. The molecule has 4 heteroatoms. The maximum absolute atomic E-state index is 13.6. The molecule has 130 valence electrons. The molecule has 0 unspecified atom stereocenters. The molecule has 0 spiro atoms. The number of rotatable bonds is 7. The first-order chi connectivity index (χ1) is 12.1. The van der Waals surface area contributed by atoms with Crippen LogP contribution < -0.4 is 5.32 Å². The molecule has 2 nitrogen and oxygen atoms in total. The third kappa shape index (κ3) is 4.74. The minimum Gasteiger partial charge on any atom is -0.310 e. The van der Waals surface area contributed by atoms with Gasteiger partial charge >= 0.3 is 0 Å². The molecule has 3 aromatic rings. The van der Waals surface area contributed by atoms with Crippen LogP contribution in [0.5, 0.6) is 0 Å². The number of nitrogens with zero attached hydrogens (tertiary/aromatic N) is 1. The molecule has 1 aromatic heterocycles. The van der Waals surface area contributed by atoms with Crippen LogP contribution in [-0.2, 0) is 13.0 Å². The summed E-state index contributed by atoms with van der Waals surface area (Å²) in [7, 11) is 0.